The first-order chi connectivity index (χ1) is 15.3. The first-order valence-electron chi connectivity index (χ1n) is 10.9. The number of alkyl carbamates (subject to hydrolysis) is 1. The van der Waals surface area contributed by atoms with E-state index < -0.39 is 24.0 Å². The third kappa shape index (κ3) is 5.10. The number of carboxylic acids is 1. The van der Waals surface area contributed by atoms with Crippen LogP contribution < -0.4 is 5.32 Å². The van der Waals surface area contributed by atoms with E-state index in [9.17, 15) is 14.4 Å². The fourth-order valence-electron chi connectivity index (χ4n) is 4.17. The molecule has 0 radical (unpaired) electrons. The van der Waals surface area contributed by atoms with Gasteiger partial charge >= 0.3 is 12.1 Å². The predicted molar refractivity (Wildman–Crippen MR) is 121 cm³/mol. The van der Waals surface area contributed by atoms with Gasteiger partial charge in [0.1, 0.15) is 12.6 Å². The quantitative estimate of drug-likeness (QED) is 0.620. The molecule has 2 N–H and O–H groups in total. The summed E-state index contributed by atoms with van der Waals surface area (Å²) in [4.78, 5) is 37.8. The van der Waals surface area contributed by atoms with Gasteiger partial charge in [-0.25, -0.2) is 4.79 Å². The zero-order valence-corrected chi connectivity index (χ0v) is 18.7. The molecule has 1 aliphatic carbocycles. The van der Waals surface area contributed by atoms with Gasteiger partial charge in [-0.05, 0) is 28.7 Å². The van der Waals surface area contributed by atoms with E-state index in [0.29, 0.717) is 12.8 Å². The van der Waals surface area contributed by atoms with Crippen molar-refractivity contribution in [2.45, 2.75) is 38.6 Å². The Labute approximate surface area is 188 Å². The van der Waals surface area contributed by atoms with Crippen LogP contribution in [-0.4, -0.2) is 54.2 Å². The lowest BCUT2D eigenvalue weighted by Crippen LogP contribution is -2.49. The summed E-state index contributed by atoms with van der Waals surface area (Å²) in [6, 6.07) is 15.4. The average molecular weight is 439 g/mol. The van der Waals surface area contributed by atoms with Crippen molar-refractivity contribution in [1.29, 1.82) is 0 Å². The number of nitrogens with one attached hydrogen (secondary N) is 1. The maximum Gasteiger partial charge on any atom is 0.407 e. The van der Waals surface area contributed by atoms with Crippen molar-refractivity contribution in [2.75, 3.05) is 20.2 Å². The Balaban J connectivity index is 1.64. The topological polar surface area (TPSA) is 95.9 Å². The molecule has 32 heavy (non-hydrogen) atoms. The molecule has 0 fully saturated rings. The molecule has 0 spiro atoms. The minimum absolute atomic E-state index is 0.0624. The average Bonchev–Trinajstić information content (AvgIpc) is 3.10. The first-order valence-corrected chi connectivity index (χ1v) is 10.9. The number of carbonyl (C=O) groups is 3. The number of hydrogen-bond acceptors (Lipinski definition) is 4. The number of fused-ring (bicyclic) bond motifs is 3. The van der Waals surface area contributed by atoms with E-state index >= 15 is 0 Å². The number of rotatable bonds is 9. The Morgan fingerprint density at radius 1 is 1.06 bits per heavy atom. The number of carboxylic acid groups (broad SMARTS) is 1. The number of carbonyl (C=O) groups excluding carboxylic acids is 2. The highest BCUT2D eigenvalue weighted by Crippen LogP contribution is 2.44. The van der Waals surface area contributed by atoms with Crippen LogP contribution in [0.3, 0.4) is 0 Å². The van der Waals surface area contributed by atoms with E-state index in [1.54, 1.807) is 14.0 Å². The number of nitrogens with zero attached hydrogens (tertiary/aromatic N) is 1. The maximum absolute atomic E-state index is 12.8. The van der Waals surface area contributed by atoms with Gasteiger partial charge in [-0.1, -0.05) is 68.8 Å². The Morgan fingerprint density at radius 2 is 1.62 bits per heavy atom. The standard InChI is InChI=1S/C25H30N2O5/c1-4-9-22(23(28)27(3)14-16(2)24(29)30)26-25(31)32-15-21-19-12-7-5-10-17(19)18-11-6-8-13-20(18)21/h5-8,10-13,16,21-22H,4,9,14-15H2,1-3H3,(H,26,31)(H,29,30)/t16?,22-/m0/s1. The van der Waals surface area contributed by atoms with Gasteiger partial charge in [0.15, 0.2) is 0 Å². The van der Waals surface area contributed by atoms with E-state index in [2.05, 4.69) is 17.4 Å². The Bertz CT molecular complexity index is 944. The molecule has 0 bridgehead atoms. The summed E-state index contributed by atoms with van der Waals surface area (Å²) in [6.07, 6.45) is 0.468. The van der Waals surface area contributed by atoms with Gasteiger partial charge in [-0.15, -0.1) is 0 Å². The van der Waals surface area contributed by atoms with Gasteiger partial charge in [0.25, 0.3) is 0 Å². The van der Waals surface area contributed by atoms with E-state index in [-0.39, 0.29) is 25.0 Å². The van der Waals surface area contributed by atoms with Crippen molar-refractivity contribution >= 4 is 18.0 Å². The van der Waals surface area contributed by atoms with Crippen LogP contribution in [0.4, 0.5) is 4.79 Å². The highest BCUT2D eigenvalue weighted by Gasteiger charge is 2.30. The van der Waals surface area contributed by atoms with Gasteiger partial charge < -0.3 is 20.1 Å². The van der Waals surface area contributed by atoms with Crippen molar-refractivity contribution in [1.82, 2.24) is 10.2 Å². The molecule has 7 nitrogen and oxygen atoms in total. The molecule has 1 aliphatic rings. The van der Waals surface area contributed by atoms with Gasteiger partial charge in [-0.2, -0.15) is 0 Å². The molecule has 2 aromatic carbocycles. The first kappa shape index (κ1) is 23.3. The molecule has 0 heterocycles. The van der Waals surface area contributed by atoms with Gasteiger partial charge in [-0.3, -0.25) is 9.59 Å². The largest absolute Gasteiger partial charge is 0.481 e. The summed E-state index contributed by atoms with van der Waals surface area (Å²) in [5.74, 6) is -2.05. The third-order valence-corrected chi connectivity index (χ3v) is 5.86. The third-order valence-electron chi connectivity index (χ3n) is 5.86. The molecule has 0 aromatic heterocycles. The monoisotopic (exact) mass is 438 g/mol. The van der Waals surface area contributed by atoms with Crippen LogP contribution in [0.2, 0.25) is 0 Å². The summed E-state index contributed by atoms with van der Waals surface area (Å²) in [5.41, 5.74) is 4.52. The molecule has 170 valence electrons. The van der Waals surface area contributed by atoms with Crippen LogP contribution in [0.5, 0.6) is 0 Å². The Morgan fingerprint density at radius 3 is 2.16 bits per heavy atom. The smallest absolute Gasteiger partial charge is 0.407 e. The van der Waals surface area contributed by atoms with Crippen molar-refractivity contribution in [3.63, 3.8) is 0 Å². The summed E-state index contributed by atoms with van der Waals surface area (Å²) < 4.78 is 5.55. The van der Waals surface area contributed by atoms with E-state index in [4.69, 9.17) is 9.84 Å². The zero-order chi connectivity index (χ0) is 23.3. The van der Waals surface area contributed by atoms with Gasteiger partial charge in [0.2, 0.25) is 5.91 Å². The minimum atomic E-state index is -0.971. The molecular formula is C25H30N2O5. The molecule has 1 unspecified atom stereocenters. The van der Waals surface area contributed by atoms with Crippen LogP contribution in [-0.2, 0) is 14.3 Å². The Kier molecular flexibility index (Phi) is 7.51. The van der Waals surface area contributed by atoms with Crippen molar-refractivity contribution in [2.24, 2.45) is 5.92 Å². The van der Waals surface area contributed by atoms with Gasteiger partial charge in [0.05, 0.1) is 5.92 Å². The number of amides is 2. The normalized spacial score (nSPS) is 14.1. The van der Waals surface area contributed by atoms with Gasteiger partial charge in [0, 0.05) is 19.5 Å². The number of aliphatic carboxylic acids is 1. The van der Waals surface area contributed by atoms with Crippen LogP contribution >= 0.6 is 0 Å². The number of ether oxygens (including phenoxy) is 1. The van der Waals surface area contributed by atoms with Crippen LogP contribution in [0.25, 0.3) is 11.1 Å². The minimum Gasteiger partial charge on any atom is -0.481 e. The second kappa shape index (κ2) is 10.3. The zero-order valence-electron chi connectivity index (χ0n) is 18.7. The second-order valence-corrected chi connectivity index (χ2v) is 8.27. The summed E-state index contributed by atoms with van der Waals surface area (Å²) in [7, 11) is 1.55. The molecule has 0 saturated carbocycles. The van der Waals surface area contributed by atoms with Crippen LogP contribution in [0.15, 0.2) is 48.5 Å². The van der Waals surface area contributed by atoms with E-state index in [1.807, 2.05) is 43.3 Å². The number of likely N-dealkylation sites (N-methyl/N-ethyl adjacent to an activating group) is 1. The maximum atomic E-state index is 12.8. The molecule has 2 amide bonds. The summed E-state index contributed by atoms with van der Waals surface area (Å²) in [5, 5.41) is 11.8. The SMILES string of the molecule is CCC[C@H](NC(=O)OCC1c2ccccc2-c2ccccc21)C(=O)N(C)CC(C)C(=O)O. The lowest BCUT2D eigenvalue weighted by Gasteiger charge is -2.25. The van der Waals surface area contributed by atoms with Crippen LogP contribution in [0, 0.1) is 5.92 Å². The van der Waals surface area contributed by atoms with Crippen molar-refractivity contribution in [3.05, 3.63) is 59.7 Å². The lowest BCUT2D eigenvalue weighted by molar-refractivity contribution is -0.143. The summed E-state index contributed by atoms with van der Waals surface area (Å²) in [6.45, 7) is 3.69. The van der Waals surface area contributed by atoms with Crippen molar-refractivity contribution < 1.29 is 24.2 Å². The highest BCUT2D eigenvalue weighted by molar-refractivity contribution is 5.86. The van der Waals surface area contributed by atoms with Crippen molar-refractivity contribution in [3.8, 4) is 11.1 Å². The highest BCUT2D eigenvalue weighted by atomic mass is 16.5. The second-order valence-electron chi connectivity index (χ2n) is 8.27. The predicted octanol–water partition coefficient (Wildman–Crippen LogP) is 3.87. The number of benzene rings is 2. The molecule has 0 saturated heterocycles. The van der Waals surface area contributed by atoms with E-state index in [1.165, 1.54) is 4.90 Å². The fourth-order valence-corrected chi connectivity index (χ4v) is 4.17. The summed E-state index contributed by atoms with van der Waals surface area (Å²) >= 11 is 0. The lowest BCUT2D eigenvalue weighted by atomic mass is 9.98. The molecule has 3 rings (SSSR count). The fraction of sp³-hybridized carbons (Fsp3) is 0.400. The molecule has 7 heteroatoms. The van der Waals surface area contributed by atoms with E-state index in [0.717, 1.165) is 22.3 Å². The molecule has 2 atom stereocenters. The Hall–Kier alpha value is -3.35. The van der Waals surface area contributed by atoms with Crippen LogP contribution in [0.1, 0.15) is 43.7 Å². The molecule has 0 aliphatic heterocycles. The molecule has 2 aromatic rings. The number of hydrogen-bond donors (Lipinski definition) is 2. The molecular weight excluding hydrogens is 408 g/mol.